The Morgan fingerprint density at radius 2 is 1.81 bits per heavy atom. The van der Waals surface area contributed by atoms with Gasteiger partial charge in [0.1, 0.15) is 6.04 Å². The lowest BCUT2D eigenvalue weighted by molar-refractivity contribution is -0.121. The first-order valence-electron chi connectivity index (χ1n) is 8.06. The quantitative estimate of drug-likeness (QED) is 0.474. The molecule has 0 unspecified atom stereocenters. The van der Waals surface area contributed by atoms with Gasteiger partial charge in [0, 0.05) is 16.3 Å². The molecule has 1 atom stereocenters. The number of fused-ring (bicyclic) bond motifs is 1. The third-order valence-corrected chi connectivity index (χ3v) is 4.43. The van der Waals surface area contributed by atoms with E-state index in [1.807, 2.05) is 42.5 Å². The van der Waals surface area contributed by atoms with Gasteiger partial charge in [-0.15, -0.1) is 0 Å². The molecule has 0 aliphatic carbocycles. The Kier molecular flexibility index (Phi) is 5.76. The van der Waals surface area contributed by atoms with Gasteiger partial charge in [-0.1, -0.05) is 59.6 Å². The molecule has 132 valence electrons. The van der Waals surface area contributed by atoms with Crippen molar-refractivity contribution < 1.29 is 4.79 Å². The van der Waals surface area contributed by atoms with E-state index >= 15 is 0 Å². The van der Waals surface area contributed by atoms with Crippen molar-refractivity contribution in [2.24, 2.45) is 5.10 Å². The van der Waals surface area contributed by atoms with Gasteiger partial charge in [0.25, 0.3) is 5.91 Å². The summed E-state index contributed by atoms with van der Waals surface area (Å²) in [4.78, 5) is 12.2. The Morgan fingerprint density at radius 1 is 1.04 bits per heavy atom. The molecule has 0 spiro atoms. The van der Waals surface area contributed by atoms with Crippen molar-refractivity contribution in [3.8, 4) is 0 Å². The molecule has 0 aliphatic rings. The Balaban J connectivity index is 1.60. The summed E-state index contributed by atoms with van der Waals surface area (Å²) >= 11 is 11.9. The zero-order chi connectivity index (χ0) is 18.5. The third-order valence-electron chi connectivity index (χ3n) is 3.87. The minimum absolute atomic E-state index is 0.250. The maximum atomic E-state index is 12.2. The van der Waals surface area contributed by atoms with E-state index in [-0.39, 0.29) is 5.91 Å². The molecule has 0 bridgehead atoms. The van der Waals surface area contributed by atoms with Gasteiger partial charge >= 0.3 is 0 Å². The van der Waals surface area contributed by atoms with Gasteiger partial charge in [-0.3, -0.25) is 4.79 Å². The van der Waals surface area contributed by atoms with Gasteiger partial charge in [-0.2, -0.15) is 5.10 Å². The second-order valence-corrected chi connectivity index (χ2v) is 6.67. The molecular formula is C20H17Cl2N3O. The number of benzene rings is 3. The molecule has 0 saturated carbocycles. The molecule has 0 aromatic heterocycles. The Bertz CT molecular complexity index is 972. The molecule has 2 N–H and O–H groups in total. The lowest BCUT2D eigenvalue weighted by Crippen LogP contribution is -2.34. The average molecular weight is 386 g/mol. The Labute approximate surface area is 161 Å². The topological polar surface area (TPSA) is 53.5 Å². The van der Waals surface area contributed by atoms with Gasteiger partial charge in [0.15, 0.2) is 0 Å². The first-order valence-corrected chi connectivity index (χ1v) is 8.82. The van der Waals surface area contributed by atoms with Gasteiger partial charge in [0.05, 0.1) is 11.2 Å². The Morgan fingerprint density at radius 3 is 2.58 bits per heavy atom. The molecule has 0 radical (unpaired) electrons. The van der Waals surface area contributed by atoms with Crippen molar-refractivity contribution in [3.63, 3.8) is 0 Å². The SMILES string of the molecule is C[C@@H](Nc1ccc2ccccc2c1)C(=O)N/N=C\c1ccc(Cl)cc1Cl. The largest absolute Gasteiger partial charge is 0.374 e. The summed E-state index contributed by atoms with van der Waals surface area (Å²) in [5.74, 6) is -0.250. The first kappa shape index (κ1) is 18.2. The van der Waals surface area contributed by atoms with Gasteiger partial charge in [-0.25, -0.2) is 5.43 Å². The van der Waals surface area contributed by atoms with Crippen molar-refractivity contribution in [2.45, 2.75) is 13.0 Å². The van der Waals surface area contributed by atoms with E-state index in [0.29, 0.717) is 15.6 Å². The number of hydrogen-bond acceptors (Lipinski definition) is 3. The van der Waals surface area contributed by atoms with Gasteiger partial charge < -0.3 is 5.32 Å². The maximum Gasteiger partial charge on any atom is 0.262 e. The fourth-order valence-electron chi connectivity index (χ4n) is 2.46. The number of carbonyl (C=O) groups excluding carboxylic acids is 1. The van der Waals surface area contributed by atoms with Crippen molar-refractivity contribution in [1.29, 1.82) is 0 Å². The smallest absolute Gasteiger partial charge is 0.262 e. The van der Waals surface area contributed by atoms with Crippen molar-refractivity contribution in [1.82, 2.24) is 5.43 Å². The van der Waals surface area contributed by atoms with E-state index < -0.39 is 6.04 Å². The molecular weight excluding hydrogens is 369 g/mol. The fourth-order valence-corrected chi connectivity index (χ4v) is 2.92. The summed E-state index contributed by atoms with van der Waals surface area (Å²) in [6.45, 7) is 1.77. The molecule has 4 nitrogen and oxygen atoms in total. The second-order valence-electron chi connectivity index (χ2n) is 5.83. The summed E-state index contributed by atoms with van der Waals surface area (Å²) in [6, 6.07) is 18.6. The number of nitrogens with one attached hydrogen (secondary N) is 2. The monoisotopic (exact) mass is 385 g/mol. The van der Waals surface area contributed by atoms with Crippen LogP contribution in [0.4, 0.5) is 5.69 Å². The number of halogens is 2. The number of amides is 1. The van der Waals surface area contributed by atoms with Crippen molar-refractivity contribution >= 4 is 51.8 Å². The van der Waals surface area contributed by atoms with Gasteiger partial charge in [-0.05, 0) is 42.0 Å². The molecule has 0 aliphatic heterocycles. The van der Waals surface area contributed by atoms with E-state index in [1.165, 1.54) is 6.21 Å². The minimum Gasteiger partial charge on any atom is -0.374 e. The third kappa shape index (κ3) is 4.54. The normalized spacial score (nSPS) is 12.3. The van der Waals surface area contributed by atoms with E-state index in [0.717, 1.165) is 16.5 Å². The molecule has 3 aromatic carbocycles. The summed E-state index contributed by atoms with van der Waals surface area (Å²) < 4.78 is 0. The van der Waals surface area contributed by atoms with Crippen molar-refractivity contribution in [3.05, 3.63) is 76.3 Å². The van der Waals surface area contributed by atoms with Crippen LogP contribution in [0.2, 0.25) is 10.0 Å². The summed E-state index contributed by atoms with van der Waals surface area (Å²) in [5, 5.41) is 10.4. The highest BCUT2D eigenvalue weighted by Gasteiger charge is 2.12. The van der Waals surface area contributed by atoms with Crippen LogP contribution in [0.25, 0.3) is 10.8 Å². The number of carbonyl (C=O) groups is 1. The maximum absolute atomic E-state index is 12.2. The lowest BCUT2D eigenvalue weighted by Gasteiger charge is -2.14. The fraction of sp³-hybridized carbons (Fsp3) is 0.100. The molecule has 1 amide bonds. The predicted octanol–water partition coefficient (Wildman–Crippen LogP) is 5.10. The van der Waals surface area contributed by atoms with Crippen LogP contribution in [0.3, 0.4) is 0 Å². The van der Waals surface area contributed by atoms with Crippen LogP contribution in [0.15, 0.2) is 65.8 Å². The first-order chi connectivity index (χ1) is 12.5. The standard InChI is InChI=1S/C20H17Cl2N3O/c1-13(24-18-9-7-14-4-2-3-5-15(14)10-18)20(26)25-23-12-16-6-8-17(21)11-19(16)22/h2-13,24H,1H3,(H,25,26)/b23-12-/t13-/m1/s1. The van der Waals surface area contributed by atoms with Gasteiger partial charge in [0.2, 0.25) is 0 Å². The number of anilines is 1. The highest BCUT2D eigenvalue weighted by atomic mass is 35.5. The van der Waals surface area contributed by atoms with E-state index in [9.17, 15) is 4.79 Å². The number of hydrazone groups is 1. The van der Waals surface area contributed by atoms with Crippen LogP contribution in [-0.2, 0) is 4.79 Å². The summed E-state index contributed by atoms with van der Waals surface area (Å²) in [6.07, 6.45) is 1.49. The summed E-state index contributed by atoms with van der Waals surface area (Å²) in [5.41, 5.74) is 4.05. The molecule has 3 aromatic rings. The van der Waals surface area contributed by atoms with Crippen LogP contribution in [0, 0.1) is 0 Å². The molecule has 6 heteroatoms. The minimum atomic E-state index is -0.450. The van der Waals surface area contributed by atoms with Crippen LogP contribution in [-0.4, -0.2) is 18.2 Å². The molecule has 0 heterocycles. The van der Waals surface area contributed by atoms with E-state index in [4.69, 9.17) is 23.2 Å². The van der Waals surface area contributed by atoms with Crippen LogP contribution in [0.5, 0.6) is 0 Å². The van der Waals surface area contributed by atoms with Crippen LogP contribution < -0.4 is 10.7 Å². The molecule has 0 saturated heterocycles. The van der Waals surface area contributed by atoms with E-state index in [2.05, 4.69) is 15.8 Å². The Hall–Kier alpha value is -2.56. The number of hydrogen-bond donors (Lipinski definition) is 2. The number of nitrogens with zero attached hydrogens (tertiary/aromatic N) is 1. The van der Waals surface area contributed by atoms with Crippen molar-refractivity contribution in [2.75, 3.05) is 5.32 Å². The average Bonchev–Trinajstić information content (AvgIpc) is 2.63. The van der Waals surface area contributed by atoms with E-state index in [1.54, 1.807) is 25.1 Å². The summed E-state index contributed by atoms with van der Waals surface area (Å²) in [7, 11) is 0. The molecule has 26 heavy (non-hydrogen) atoms. The van der Waals surface area contributed by atoms with Crippen LogP contribution >= 0.6 is 23.2 Å². The lowest BCUT2D eigenvalue weighted by atomic mass is 10.1. The highest BCUT2D eigenvalue weighted by Crippen LogP contribution is 2.20. The molecule has 0 fully saturated rings. The molecule has 3 rings (SSSR count). The number of rotatable bonds is 5. The highest BCUT2D eigenvalue weighted by molar-refractivity contribution is 6.36. The zero-order valence-corrected chi connectivity index (χ0v) is 15.6. The second kappa shape index (κ2) is 8.21. The predicted molar refractivity (Wildman–Crippen MR) is 109 cm³/mol. The van der Waals surface area contributed by atoms with Crippen LogP contribution in [0.1, 0.15) is 12.5 Å². The zero-order valence-electron chi connectivity index (χ0n) is 14.0.